The molecule has 9 heteroatoms. The number of ketones is 1. The maximum absolute atomic E-state index is 13.5. The molecule has 1 aliphatic heterocycles. The zero-order chi connectivity index (χ0) is 27.9. The molecule has 0 bridgehead atoms. The van der Waals surface area contributed by atoms with Crippen molar-refractivity contribution in [2.45, 2.75) is 50.2 Å². The van der Waals surface area contributed by atoms with Crippen LogP contribution >= 0.6 is 35.0 Å². The van der Waals surface area contributed by atoms with E-state index in [1.165, 1.54) is 11.8 Å². The number of anilines is 1. The lowest BCUT2D eigenvalue weighted by Gasteiger charge is -2.38. The van der Waals surface area contributed by atoms with Crippen molar-refractivity contribution in [2.24, 2.45) is 5.41 Å². The number of nitrogens with one attached hydrogen (secondary N) is 1. The first-order chi connectivity index (χ1) is 19.3. The minimum Gasteiger partial charge on any atom is -0.489 e. The van der Waals surface area contributed by atoms with Crippen molar-refractivity contribution in [1.29, 1.82) is 0 Å². The van der Waals surface area contributed by atoms with E-state index in [-0.39, 0.29) is 17.2 Å². The fraction of sp³-hybridized carbons (Fsp3) is 0.258. The maximum atomic E-state index is 13.5. The molecule has 3 aromatic carbocycles. The predicted octanol–water partition coefficient (Wildman–Crippen LogP) is 8.11. The van der Waals surface area contributed by atoms with Crippen molar-refractivity contribution < 1.29 is 9.53 Å². The molecule has 1 aromatic heterocycles. The molecule has 1 N–H and O–H groups in total. The Balaban J connectivity index is 1.29. The summed E-state index contributed by atoms with van der Waals surface area (Å²) in [4.78, 5) is 18.3. The number of hydrogen-bond donors (Lipinski definition) is 1. The minimum absolute atomic E-state index is 0.128. The number of rotatable bonds is 7. The largest absolute Gasteiger partial charge is 0.489 e. The molecule has 0 saturated heterocycles. The Kier molecular flexibility index (Phi) is 7.38. The van der Waals surface area contributed by atoms with Gasteiger partial charge >= 0.3 is 0 Å². The van der Waals surface area contributed by atoms with Gasteiger partial charge in [0.05, 0.1) is 0 Å². The third kappa shape index (κ3) is 5.64. The second-order valence-electron chi connectivity index (χ2n) is 10.9. The van der Waals surface area contributed by atoms with Gasteiger partial charge in [-0.2, -0.15) is 4.98 Å². The minimum atomic E-state index is -0.373. The van der Waals surface area contributed by atoms with Crippen LogP contribution in [0.3, 0.4) is 0 Å². The average Bonchev–Trinajstić information content (AvgIpc) is 3.33. The van der Waals surface area contributed by atoms with Crippen molar-refractivity contribution >= 4 is 46.7 Å². The summed E-state index contributed by atoms with van der Waals surface area (Å²) in [5.74, 6) is 2.16. The molecule has 6 nitrogen and oxygen atoms in total. The summed E-state index contributed by atoms with van der Waals surface area (Å²) >= 11 is 13.9. The summed E-state index contributed by atoms with van der Waals surface area (Å²) in [7, 11) is 0. The standard InChI is InChI=1S/C31H28Cl2N4O2S/c1-31(2)15-25-27(26(38)16-31)28(20-9-13-23(14-10-20)39-17-19-7-11-22(32)12-8-19)37-29(34-25)35-30(36-37)40-18-21-5-3-4-6-24(21)33/h3-14,28H,15-18H2,1-2H3,(H,34,35,36). The molecule has 0 radical (unpaired) electrons. The first-order valence-electron chi connectivity index (χ1n) is 13.1. The zero-order valence-electron chi connectivity index (χ0n) is 22.2. The number of allylic oxidation sites excluding steroid dienone is 2. The van der Waals surface area contributed by atoms with E-state index in [9.17, 15) is 4.79 Å². The molecule has 0 amide bonds. The van der Waals surface area contributed by atoms with E-state index in [1.807, 2.05) is 77.5 Å². The first kappa shape index (κ1) is 26.9. The van der Waals surface area contributed by atoms with Crippen LogP contribution in [0.5, 0.6) is 5.75 Å². The topological polar surface area (TPSA) is 69.0 Å². The third-order valence-electron chi connectivity index (χ3n) is 7.14. The fourth-order valence-electron chi connectivity index (χ4n) is 5.21. The highest BCUT2D eigenvalue weighted by molar-refractivity contribution is 7.98. The molecule has 4 aromatic rings. The van der Waals surface area contributed by atoms with E-state index in [1.54, 1.807) is 0 Å². The number of aromatic nitrogens is 3. The lowest BCUT2D eigenvalue weighted by atomic mass is 9.73. The Morgan fingerprint density at radius 3 is 2.52 bits per heavy atom. The SMILES string of the molecule is CC1(C)CC(=O)C2=C(C1)Nc1nc(SCc3ccccc3Cl)nn1C2c1ccc(OCc2ccc(Cl)cc2)cc1. The predicted molar refractivity (Wildman–Crippen MR) is 160 cm³/mol. The van der Waals surface area contributed by atoms with E-state index in [0.29, 0.717) is 34.9 Å². The van der Waals surface area contributed by atoms with E-state index >= 15 is 0 Å². The monoisotopic (exact) mass is 590 g/mol. The third-order valence-corrected chi connectivity index (χ3v) is 8.65. The molecule has 40 heavy (non-hydrogen) atoms. The van der Waals surface area contributed by atoms with Gasteiger partial charge in [-0.15, -0.1) is 5.10 Å². The number of ether oxygens (including phenoxy) is 1. The summed E-state index contributed by atoms with van der Waals surface area (Å²) in [5, 5.41) is 10.3. The van der Waals surface area contributed by atoms with Gasteiger partial charge in [0.15, 0.2) is 5.78 Å². The fourth-order valence-corrected chi connectivity index (χ4v) is 6.45. The highest BCUT2D eigenvalue weighted by Gasteiger charge is 2.41. The van der Waals surface area contributed by atoms with E-state index in [2.05, 4.69) is 19.2 Å². The maximum Gasteiger partial charge on any atom is 0.227 e. The smallest absolute Gasteiger partial charge is 0.227 e. The summed E-state index contributed by atoms with van der Waals surface area (Å²) < 4.78 is 7.84. The van der Waals surface area contributed by atoms with Crippen LogP contribution in [0.1, 0.15) is 49.4 Å². The molecule has 2 aliphatic rings. The van der Waals surface area contributed by atoms with Gasteiger partial charge in [-0.25, -0.2) is 4.68 Å². The number of benzene rings is 3. The molecular weight excluding hydrogens is 563 g/mol. The van der Waals surface area contributed by atoms with Gasteiger partial charge < -0.3 is 10.1 Å². The first-order valence-corrected chi connectivity index (χ1v) is 14.8. The highest BCUT2D eigenvalue weighted by Crippen LogP contribution is 2.46. The van der Waals surface area contributed by atoms with Gasteiger partial charge in [0.2, 0.25) is 11.1 Å². The summed E-state index contributed by atoms with van der Waals surface area (Å²) in [5.41, 5.74) is 4.57. The summed E-state index contributed by atoms with van der Waals surface area (Å²) in [6.07, 6.45) is 1.26. The summed E-state index contributed by atoms with van der Waals surface area (Å²) in [6, 6.07) is 22.9. The molecule has 6 rings (SSSR count). The zero-order valence-corrected chi connectivity index (χ0v) is 24.5. The van der Waals surface area contributed by atoms with E-state index in [0.717, 1.165) is 45.2 Å². The number of carbonyl (C=O) groups excluding carboxylic acids is 1. The van der Waals surface area contributed by atoms with Gasteiger partial charge in [0.25, 0.3) is 0 Å². The van der Waals surface area contributed by atoms with Crippen molar-refractivity contribution in [2.75, 3.05) is 5.32 Å². The van der Waals surface area contributed by atoms with Gasteiger partial charge in [0.1, 0.15) is 18.4 Å². The number of carbonyl (C=O) groups is 1. The highest BCUT2D eigenvalue weighted by atomic mass is 35.5. The Morgan fingerprint density at radius 2 is 1.77 bits per heavy atom. The van der Waals surface area contributed by atoms with Crippen LogP contribution in [-0.2, 0) is 17.2 Å². The second kappa shape index (κ2) is 11.0. The van der Waals surface area contributed by atoms with E-state index in [4.69, 9.17) is 38.0 Å². The van der Waals surface area contributed by atoms with Crippen LogP contribution in [0.4, 0.5) is 5.95 Å². The second-order valence-corrected chi connectivity index (χ2v) is 12.7. The van der Waals surface area contributed by atoms with Crippen molar-refractivity contribution in [1.82, 2.24) is 14.8 Å². The van der Waals surface area contributed by atoms with Gasteiger partial charge in [-0.1, -0.05) is 91.3 Å². The van der Waals surface area contributed by atoms with Crippen LogP contribution in [0.25, 0.3) is 0 Å². The molecule has 2 heterocycles. The number of halogens is 2. The van der Waals surface area contributed by atoms with Crippen LogP contribution < -0.4 is 10.1 Å². The molecule has 0 fully saturated rings. The number of fused-ring (bicyclic) bond motifs is 1. The van der Waals surface area contributed by atoms with Crippen LogP contribution in [0.15, 0.2) is 89.2 Å². The molecular formula is C31H28Cl2N4O2S. The Morgan fingerprint density at radius 1 is 1.02 bits per heavy atom. The van der Waals surface area contributed by atoms with Gasteiger partial charge in [-0.05, 0) is 58.9 Å². The Labute approximate surface area is 247 Å². The number of thioether (sulfide) groups is 1. The lowest BCUT2D eigenvalue weighted by Crippen LogP contribution is -2.36. The number of Topliss-reactive ketones (excluding diaryl/α,β-unsaturated/α-hetero) is 1. The quantitative estimate of drug-likeness (QED) is 0.219. The van der Waals surface area contributed by atoms with Crippen LogP contribution in [0.2, 0.25) is 10.0 Å². The van der Waals surface area contributed by atoms with Crippen molar-refractivity contribution in [3.63, 3.8) is 0 Å². The molecule has 204 valence electrons. The van der Waals surface area contributed by atoms with Crippen LogP contribution in [-0.4, -0.2) is 20.5 Å². The Hall–Kier alpha value is -3.26. The van der Waals surface area contributed by atoms with Gasteiger partial charge in [-0.3, -0.25) is 4.79 Å². The normalized spacial score (nSPS) is 17.7. The molecule has 1 aliphatic carbocycles. The number of nitrogens with zero attached hydrogens (tertiary/aromatic N) is 3. The molecule has 1 atom stereocenters. The van der Waals surface area contributed by atoms with Crippen LogP contribution in [0, 0.1) is 5.41 Å². The number of hydrogen-bond acceptors (Lipinski definition) is 6. The average molecular weight is 592 g/mol. The summed E-state index contributed by atoms with van der Waals surface area (Å²) in [6.45, 7) is 4.69. The molecule has 0 spiro atoms. The van der Waals surface area contributed by atoms with Gasteiger partial charge in [0, 0.05) is 33.5 Å². The van der Waals surface area contributed by atoms with Crippen molar-refractivity contribution in [3.05, 3.63) is 111 Å². The molecule has 0 saturated carbocycles. The Bertz CT molecular complexity index is 1600. The van der Waals surface area contributed by atoms with Crippen molar-refractivity contribution in [3.8, 4) is 5.75 Å². The van der Waals surface area contributed by atoms with E-state index < -0.39 is 0 Å². The molecule has 1 unspecified atom stereocenters. The lowest BCUT2D eigenvalue weighted by molar-refractivity contribution is -0.118.